The Kier molecular flexibility index (Phi) is 5.07. The molecule has 2 aromatic rings. The third-order valence-corrected chi connectivity index (χ3v) is 4.05. The lowest BCUT2D eigenvalue weighted by Gasteiger charge is -2.34. The van der Waals surface area contributed by atoms with Crippen molar-refractivity contribution in [3.8, 4) is 0 Å². The van der Waals surface area contributed by atoms with Gasteiger partial charge in [0.2, 0.25) is 0 Å². The molecule has 3 rings (SSSR count). The van der Waals surface area contributed by atoms with Crippen LogP contribution in [0.15, 0.2) is 48.7 Å². The van der Waals surface area contributed by atoms with E-state index in [-0.39, 0.29) is 11.4 Å². The molecule has 2 amide bonds. The number of pyridine rings is 1. The van der Waals surface area contributed by atoms with Gasteiger partial charge in [0.25, 0.3) is 5.69 Å². The smallest absolute Gasteiger partial charge is 0.313 e. The molecule has 2 heterocycles. The first-order valence-corrected chi connectivity index (χ1v) is 8.05. The predicted molar refractivity (Wildman–Crippen MR) is 94.8 cm³/mol. The second-order valence-electron chi connectivity index (χ2n) is 5.73. The van der Waals surface area contributed by atoms with Crippen LogP contribution in [0.1, 0.15) is 0 Å². The Morgan fingerprint density at radius 3 is 2.50 bits per heavy atom. The molecule has 26 heavy (non-hydrogen) atoms. The number of nitrogens with one attached hydrogen (secondary N) is 1. The van der Waals surface area contributed by atoms with Crippen molar-refractivity contribution in [1.82, 2.24) is 9.88 Å². The van der Waals surface area contributed by atoms with E-state index in [1.807, 2.05) is 23.1 Å². The molecule has 0 unspecified atom stereocenters. The van der Waals surface area contributed by atoms with Crippen LogP contribution in [0.3, 0.4) is 0 Å². The van der Waals surface area contributed by atoms with E-state index in [9.17, 15) is 19.7 Å². The SMILES string of the molecule is O=C(Nc1cccc([N+](=O)[O-])c1)C(=O)N1CCN(c2ccccn2)CC1. The average Bonchev–Trinajstić information content (AvgIpc) is 2.68. The largest absolute Gasteiger partial charge is 0.353 e. The fourth-order valence-corrected chi connectivity index (χ4v) is 2.70. The summed E-state index contributed by atoms with van der Waals surface area (Å²) in [5.41, 5.74) is 0.0592. The number of amides is 2. The van der Waals surface area contributed by atoms with E-state index in [0.717, 1.165) is 5.82 Å². The Morgan fingerprint density at radius 1 is 1.08 bits per heavy atom. The summed E-state index contributed by atoms with van der Waals surface area (Å²) in [6.45, 7) is 1.95. The second-order valence-corrected chi connectivity index (χ2v) is 5.73. The third-order valence-electron chi connectivity index (χ3n) is 4.05. The van der Waals surface area contributed by atoms with Gasteiger partial charge >= 0.3 is 11.8 Å². The predicted octanol–water partition coefficient (Wildman–Crippen LogP) is 1.28. The first-order valence-electron chi connectivity index (χ1n) is 8.05. The van der Waals surface area contributed by atoms with Crippen LogP contribution in [-0.2, 0) is 9.59 Å². The molecule has 1 aromatic carbocycles. The Balaban J connectivity index is 1.57. The van der Waals surface area contributed by atoms with Crippen molar-refractivity contribution >= 4 is 29.0 Å². The van der Waals surface area contributed by atoms with Gasteiger partial charge in [0.1, 0.15) is 5.82 Å². The quantitative estimate of drug-likeness (QED) is 0.505. The molecule has 0 atom stereocenters. The van der Waals surface area contributed by atoms with Crippen LogP contribution in [0.5, 0.6) is 0 Å². The molecule has 0 bridgehead atoms. The van der Waals surface area contributed by atoms with Crippen LogP contribution in [-0.4, -0.2) is 52.8 Å². The number of rotatable bonds is 3. The highest BCUT2D eigenvalue weighted by Crippen LogP contribution is 2.17. The molecular weight excluding hydrogens is 338 g/mol. The molecule has 1 aliphatic heterocycles. The number of nitrogens with zero attached hydrogens (tertiary/aromatic N) is 4. The summed E-state index contributed by atoms with van der Waals surface area (Å²) >= 11 is 0. The fraction of sp³-hybridized carbons (Fsp3) is 0.235. The van der Waals surface area contributed by atoms with Crippen molar-refractivity contribution in [3.05, 3.63) is 58.8 Å². The topological polar surface area (TPSA) is 109 Å². The van der Waals surface area contributed by atoms with Crippen molar-refractivity contribution in [2.75, 3.05) is 36.4 Å². The Bertz CT molecular complexity index is 819. The van der Waals surface area contributed by atoms with E-state index in [4.69, 9.17) is 0 Å². The lowest BCUT2D eigenvalue weighted by molar-refractivity contribution is -0.384. The summed E-state index contributed by atoms with van der Waals surface area (Å²) in [6.07, 6.45) is 1.71. The number of anilines is 2. The van der Waals surface area contributed by atoms with E-state index in [2.05, 4.69) is 10.3 Å². The number of aromatic nitrogens is 1. The van der Waals surface area contributed by atoms with Gasteiger partial charge in [-0.15, -0.1) is 0 Å². The molecule has 1 aliphatic rings. The van der Waals surface area contributed by atoms with Gasteiger partial charge in [0.15, 0.2) is 0 Å². The van der Waals surface area contributed by atoms with Crippen LogP contribution in [0.4, 0.5) is 17.2 Å². The molecule has 0 saturated carbocycles. The number of hydrogen-bond acceptors (Lipinski definition) is 6. The molecule has 1 fully saturated rings. The minimum Gasteiger partial charge on any atom is -0.353 e. The number of carbonyl (C=O) groups excluding carboxylic acids is 2. The van der Waals surface area contributed by atoms with Crippen molar-refractivity contribution < 1.29 is 14.5 Å². The molecule has 0 aliphatic carbocycles. The zero-order valence-electron chi connectivity index (χ0n) is 13.9. The first kappa shape index (κ1) is 17.3. The fourth-order valence-electron chi connectivity index (χ4n) is 2.70. The summed E-state index contributed by atoms with van der Waals surface area (Å²) < 4.78 is 0. The highest BCUT2D eigenvalue weighted by Gasteiger charge is 2.26. The molecule has 9 nitrogen and oxygen atoms in total. The molecule has 1 saturated heterocycles. The minimum atomic E-state index is -0.809. The average molecular weight is 355 g/mol. The van der Waals surface area contributed by atoms with Crippen LogP contribution in [0, 0.1) is 10.1 Å². The van der Waals surface area contributed by atoms with Gasteiger partial charge in [-0.05, 0) is 18.2 Å². The van der Waals surface area contributed by atoms with Gasteiger partial charge in [0.05, 0.1) is 4.92 Å². The Morgan fingerprint density at radius 2 is 1.85 bits per heavy atom. The molecule has 0 spiro atoms. The zero-order valence-corrected chi connectivity index (χ0v) is 13.9. The Hall–Kier alpha value is -3.49. The van der Waals surface area contributed by atoms with Gasteiger partial charge in [-0.1, -0.05) is 12.1 Å². The van der Waals surface area contributed by atoms with Crippen molar-refractivity contribution in [2.24, 2.45) is 0 Å². The lowest BCUT2D eigenvalue weighted by atomic mass is 10.2. The summed E-state index contributed by atoms with van der Waals surface area (Å²) in [5.74, 6) is -0.630. The third kappa shape index (κ3) is 3.94. The van der Waals surface area contributed by atoms with Gasteiger partial charge in [-0.25, -0.2) is 4.98 Å². The number of non-ortho nitro benzene ring substituents is 1. The van der Waals surface area contributed by atoms with Crippen molar-refractivity contribution in [3.63, 3.8) is 0 Å². The number of hydrogen-bond donors (Lipinski definition) is 1. The Labute approximate surface area is 149 Å². The van der Waals surface area contributed by atoms with E-state index in [0.29, 0.717) is 26.2 Å². The van der Waals surface area contributed by atoms with Gasteiger partial charge in [0, 0.05) is 50.2 Å². The van der Waals surface area contributed by atoms with E-state index >= 15 is 0 Å². The number of piperazine rings is 1. The maximum Gasteiger partial charge on any atom is 0.313 e. The molecule has 1 N–H and O–H groups in total. The second kappa shape index (κ2) is 7.60. The van der Waals surface area contributed by atoms with E-state index in [1.54, 1.807) is 6.20 Å². The van der Waals surface area contributed by atoms with Gasteiger partial charge in [-0.2, -0.15) is 0 Å². The lowest BCUT2D eigenvalue weighted by Crippen LogP contribution is -2.51. The molecular formula is C17H17N5O4. The van der Waals surface area contributed by atoms with Gasteiger partial charge in [-0.3, -0.25) is 19.7 Å². The highest BCUT2D eigenvalue weighted by atomic mass is 16.6. The number of nitro groups is 1. The maximum atomic E-state index is 12.3. The highest BCUT2D eigenvalue weighted by molar-refractivity contribution is 6.39. The summed E-state index contributed by atoms with van der Waals surface area (Å²) in [5, 5.41) is 13.2. The van der Waals surface area contributed by atoms with Crippen LogP contribution >= 0.6 is 0 Å². The minimum absolute atomic E-state index is 0.153. The molecule has 9 heteroatoms. The van der Waals surface area contributed by atoms with Crippen LogP contribution < -0.4 is 10.2 Å². The molecule has 1 aromatic heterocycles. The standard InChI is InChI=1S/C17H17N5O4/c23-16(19-13-4-3-5-14(12-13)22(25)26)17(24)21-10-8-20(9-11-21)15-6-1-2-7-18-15/h1-7,12H,8-11H2,(H,19,23). The van der Waals surface area contributed by atoms with E-state index < -0.39 is 16.7 Å². The molecule has 134 valence electrons. The van der Waals surface area contributed by atoms with E-state index in [1.165, 1.54) is 29.2 Å². The number of carbonyl (C=O) groups is 2. The number of nitro benzene ring substituents is 1. The van der Waals surface area contributed by atoms with Crippen LogP contribution in [0.25, 0.3) is 0 Å². The molecule has 0 radical (unpaired) electrons. The van der Waals surface area contributed by atoms with Crippen molar-refractivity contribution in [1.29, 1.82) is 0 Å². The maximum absolute atomic E-state index is 12.3. The summed E-state index contributed by atoms with van der Waals surface area (Å²) in [7, 11) is 0. The first-order chi connectivity index (χ1) is 12.5. The summed E-state index contributed by atoms with van der Waals surface area (Å²) in [6, 6.07) is 11.1. The van der Waals surface area contributed by atoms with Gasteiger partial charge < -0.3 is 15.1 Å². The normalized spacial score (nSPS) is 14.0. The van der Waals surface area contributed by atoms with Crippen molar-refractivity contribution in [2.45, 2.75) is 0 Å². The van der Waals surface area contributed by atoms with Crippen LogP contribution in [0.2, 0.25) is 0 Å². The number of benzene rings is 1. The summed E-state index contributed by atoms with van der Waals surface area (Å²) in [4.78, 5) is 42.5. The monoisotopic (exact) mass is 355 g/mol. The zero-order chi connectivity index (χ0) is 18.5.